The molecule has 2 aromatic carbocycles. The van der Waals surface area contributed by atoms with Crippen LogP contribution in [-0.2, 0) is 22.7 Å². The number of ether oxygens (including phenoxy) is 2. The van der Waals surface area contributed by atoms with Crippen molar-refractivity contribution < 1.29 is 34.4 Å². The maximum atomic E-state index is 13.7. The molecule has 0 spiro atoms. The standard InChI is InChI=1S/C29H33ClN2O7/c1-38-23-12-17(15-34)11-20-24-21(28(36)31-9-10-33)13-22(25(35)27(24)39-26(20)23)32(29(37)18-3-2-4-18)14-16-5-7-19(30)8-6-16/h5-8,11-13,18,22,24-25,27,33-35H,2-4,9-10,14-15H2,1H3,(H,31,36). The zero-order valence-corrected chi connectivity index (χ0v) is 22.4. The Hall–Kier alpha value is -3.11. The van der Waals surface area contributed by atoms with Crippen LogP contribution < -0.4 is 14.8 Å². The van der Waals surface area contributed by atoms with Gasteiger partial charge in [-0.1, -0.05) is 30.2 Å². The number of rotatable bonds is 9. The van der Waals surface area contributed by atoms with E-state index < -0.39 is 30.1 Å². The molecule has 0 radical (unpaired) electrons. The molecular formula is C29H33ClN2O7. The SMILES string of the molecule is COc1cc(CO)cc2c1OC1C2C(C(=O)NCCO)=CC(N(Cc2ccc(Cl)cc2)C(=O)C2CCC2)C1O. The molecule has 4 N–H and O–H groups in total. The van der Waals surface area contributed by atoms with Crippen LogP contribution in [0.5, 0.6) is 11.5 Å². The molecule has 208 valence electrons. The van der Waals surface area contributed by atoms with Crippen LogP contribution in [0.2, 0.25) is 5.02 Å². The molecule has 0 aromatic heterocycles. The monoisotopic (exact) mass is 556 g/mol. The lowest BCUT2D eigenvalue weighted by molar-refractivity contribution is -0.145. The number of aliphatic hydroxyl groups is 3. The minimum atomic E-state index is -1.16. The summed E-state index contributed by atoms with van der Waals surface area (Å²) in [6.07, 6.45) is 2.15. The Morgan fingerprint density at radius 2 is 1.90 bits per heavy atom. The van der Waals surface area contributed by atoms with Gasteiger partial charge in [-0.05, 0) is 54.3 Å². The zero-order valence-electron chi connectivity index (χ0n) is 21.7. The van der Waals surface area contributed by atoms with Crippen LogP contribution in [0.25, 0.3) is 0 Å². The summed E-state index contributed by atoms with van der Waals surface area (Å²) in [6, 6.07) is 9.73. The van der Waals surface area contributed by atoms with Crippen LogP contribution in [-0.4, -0.2) is 70.5 Å². The summed E-state index contributed by atoms with van der Waals surface area (Å²) < 4.78 is 11.8. The van der Waals surface area contributed by atoms with E-state index in [2.05, 4.69) is 5.32 Å². The topological polar surface area (TPSA) is 129 Å². The predicted molar refractivity (Wildman–Crippen MR) is 143 cm³/mol. The Balaban J connectivity index is 1.59. The number of carbonyl (C=O) groups is 2. The van der Waals surface area contributed by atoms with Crippen molar-refractivity contribution in [2.24, 2.45) is 5.92 Å². The smallest absolute Gasteiger partial charge is 0.247 e. The number of fused-ring (bicyclic) bond motifs is 3. The third-order valence-electron chi connectivity index (χ3n) is 7.86. The summed E-state index contributed by atoms with van der Waals surface area (Å²) in [7, 11) is 1.48. The Bertz CT molecular complexity index is 1260. The maximum Gasteiger partial charge on any atom is 0.247 e. The van der Waals surface area contributed by atoms with Crippen molar-refractivity contribution in [1.82, 2.24) is 10.2 Å². The second-order valence-corrected chi connectivity index (χ2v) is 10.7. The molecule has 4 unspecified atom stereocenters. The van der Waals surface area contributed by atoms with Crippen LogP contribution in [0.15, 0.2) is 48.0 Å². The summed E-state index contributed by atoms with van der Waals surface area (Å²) in [4.78, 5) is 28.8. The van der Waals surface area contributed by atoms with Crippen molar-refractivity contribution in [1.29, 1.82) is 0 Å². The molecule has 1 fully saturated rings. The number of aliphatic hydroxyl groups excluding tert-OH is 3. The highest BCUT2D eigenvalue weighted by Gasteiger charge is 2.52. The molecule has 2 aromatic rings. The van der Waals surface area contributed by atoms with E-state index in [1.54, 1.807) is 35.2 Å². The minimum Gasteiger partial charge on any atom is -0.493 e. The van der Waals surface area contributed by atoms with Crippen molar-refractivity contribution in [2.75, 3.05) is 20.3 Å². The molecule has 9 nitrogen and oxygen atoms in total. The first kappa shape index (κ1) is 27.5. The first-order valence-corrected chi connectivity index (χ1v) is 13.6. The number of nitrogens with zero attached hydrogens (tertiary/aromatic N) is 1. The Morgan fingerprint density at radius 1 is 1.15 bits per heavy atom. The summed E-state index contributed by atoms with van der Waals surface area (Å²) in [5.41, 5.74) is 2.35. The molecule has 0 bridgehead atoms. The molecule has 39 heavy (non-hydrogen) atoms. The van der Waals surface area contributed by atoms with E-state index in [1.165, 1.54) is 7.11 Å². The second-order valence-electron chi connectivity index (χ2n) is 10.2. The number of methoxy groups -OCH3 is 1. The molecular weight excluding hydrogens is 524 g/mol. The van der Waals surface area contributed by atoms with Crippen LogP contribution in [0.1, 0.15) is 41.9 Å². The van der Waals surface area contributed by atoms with Gasteiger partial charge >= 0.3 is 0 Å². The molecule has 1 aliphatic heterocycles. The minimum absolute atomic E-state index is 0.0456. The fourth-order valence-electron chi connectivity index (χ4n) is 5.63. The Kier molecular flexibility index (Phi) is 8.13. The Morgan fingerprint density at radius 3 is 2.51 bits per heavy atom. The van der Waals surface area contributed by atoms with E-state index in [0.717, 1.165) is 24.8 Å². The highest BCUT2D eigenvalue weighted by atomic mass is 35.5. The van der Waals surface area contributed by atoms with E-state index in [1.807, 2.05) is 12.1 Å². The normalized spacial score (nSPS) is 23.6. The van der Waals surface area contributed by atoms with Gasteiger partial charge in [0.1, 0.15) is 12.2 Å². The van der Waals surface area contributed by atoms with Crippen molar-refractivity contribution in [3.8, 4) is 11.5 Å². The number of hydrogen-bond donors (Lipinski definition) is 4. The highest BCUT2D eigenvalue weighted by molar-refractivity contribution is 6.30. The van der Waals surface area contributed by atoms with Crippen molar-refractivity contribution in [3.63, 3.8) is 0 Å². The molecule has 4 atom stereocenters. The van der Waals surface area contributed by atoms with Crippen LogP contribution in [0.3, 0.4) is 0 Å². The largest absolute Gasteiger partial charge is 0.493 e. The van der Waals surface area contributed by atoms with E-state index in [4.69, 9.17) is 21.1 Å². The van der Waals surface area contributed by atoms with E-state index in [-0.39, 0.29) is 38.1 Å². The van der Waals surface area contributed by atoms with Gasteiger partial charge in [0.15, 0.2) is 11.5 Å². The number of benzene rings is 2. The number of nitrogens with one attached hydrogen (secondary N) is 1. The quantitative estimate of drug-likeness (QED) is 0.373. The van der Waals surface area contributed by atoms with Gasteiger partial charge in [0.25, 0.3) is 0 Å². The van der Waals surface area contributed by atoms with E-state index in [0.29, 0.717) is 33.2 Å². The fraction of sp³-hybridized carbons (Fsp3) is 0.448. The summed E-state index contributed by atoms with van der Waals surface area (Å²) in [6.45, 7) is -0.215. The molecule has 0 saturated heterocycles. The van der Waals surface area contributed by atoms with Gasteiger partial charge in [0.05, 0.1) is 32.3 Å². The lowest BCUT2D eigenvalue weighted by Gasteiger charge is -2.42. The number of carbonyl (C=O) groups excluding carboxylic acids is 2. The second kappa shape index (κ2) is 11.6. The average Bonchev–Trinajstić information content (AvgIpc) is 3.30. The van der Waals surface area contributed by atoms with Crippen LogP contribution in [0, 0.1) is 5.92 Å². The molecule has 3 aliphatic rings. The highest BCUT2D eigenvalue weighted by Crippen LogP contribution is 2.51. The van der Waals surface area contributed by atoms with Crippen LogP contribution in [0.4, 0.5) is 0 Å². The lowest BCUT2D eigenvalue weighted by atomic mass is 9.76. The van der Waals surface area contributed by atoms with Gasteiger partial charge in [-0.25, -0.2) is 0 Å². The van der Waals surface area contributed by atoms with Gasteiger partial charge in [0.2, 0.25) is 11.8 Å². The van der Waals surface area contributed by atoms with E-state index >= 15 is 0 Å². The first-order chi connectivity index (χ1) is 18.9. The number of hydrogen-bond acceptors (Lipinski definition) is 7. The maximum absolute atomic E-state index is 13.7. The summed E-state index contributed by atoms with van der Waals surface area (Å²) >= 11 is 6.08. The van der Waals surface area contributed by atoms with Crippen molar-refractivity contribution in [3.05, 3.63) is 69.8 Å². The molecule has 2 aliphatic carbocycles. The molecule has 1 saturated carbocycles. The first-order valence-electron chi connectivity index (χ1n) is 13.2. The van der Waals surface area contributed by atoms with Gasteiger partial charge in [-0.3, -0.25) is 9.59 Å². The average molecular weight is 557 g/mol. The predicted octanol–water partition coefficient (Wildman–Crippen LogP) is 2.29. The van der Waals surface area contributed by atoms with Crippen molar-refractivity contribution in [2.45, 2.75) is 56.6 Å². The molecule has 2 amide bonds. The van der Waals surface area contributed by atoms with Crippen molar-refractivity contribution >= 4 is 23.4 Å². The molecule has 1 heterocycles. The lowest BCUT2D eigenvalue weighted by Crippen LogP contribution is -2.56. The van der Waals surface area contributed by atoms with Gasteiger partial charge in [-0.15, -0.1) is 0 Å². The Labute approximate surface area is 232 Å². The summed E-state index contributed by atoms with van der Waals surface area (Å²) in [5, 5.41) is 34.2. The van der Waals surface area contributed by atoms with Crippen LogP contribution >= 0.6 is 11.6 Å². The van der Waals surface area contributed by atoms with E-state index in [9.17, 15) is 24.9 Å². The van der Waals surface area contributed by atoms with Gasteiger partial charge in [-0.2, -0.15) is 0 Å². The van der Waals surface area contributed by atoms with Gasteiger partial charge < -0.3 is 35.0 Å². The summed E-state index contributed by atoms with van der Waals surface area (Å²) in [5.74, 6) is -0.546. The molecule has 10 heteroatoms. The third-order valence-corrected chi connectivity index (χ3v) is 8.11. The zero-order chi connectivity index (χ0) is 27.7. The molecule has 5 rings (SSSR count). The van der Waals surface area contributed by atoms with Gasteiger partial charge in [0, 0.05) is 35.2 Å². The third kappa shape index (κ3) is 5.24. The number of amides is 2. The number of halogens is 1. The fourth-order valence-corrected chi connectivity index (χ4v) is 5.75.